The number of hydrogen-bond acceptors (Lipinski definition) is 6. The maximum Gasteiger partial charge on any atom is 0.235 e. The van der Waals surface area contributed by atoms with Crippen molar-refractivity contribution in [3.8, 4) is 0 Å². The van der Waals surface area contributed by atoms with E-state index in [-0.39, 0.29) is 11.2 Å². The quantitative estimate of drug-likeness (QED) is 0.857. The fourth-order valence-corrected chi connectivity index (χ4v) is 3.70. The topological polar surface area (TPSA) is 58.1 Å². The normalized spacial score (nSPS) is 12.0. The largest absolute Gasteiger partial charge is 0.348 e. The molecule has 0 saturated carbocycles. The first kappa shape index (κ1) is 15.8. The van der Waals surface area contributed by atoms with Gasteiger partial charge in [0.1, 0.15) is 0 Å². The molecular formula is C14H18N4OS2. The Morgan fingerprint density at radius 1 is 1.29 bits per heavy atom. The molecule has 112 valence electrons. The van der Waals surface area contributed by atoms with Crippen molar-refractivity contribution < 1.29 is 4.79 Å². The number of nitrogens with zero attached hydrogens (tertiary/aromatic N) is 3. The number of hydrogen-bond donors (Lipinski definition) is 1. The summed E-state index contributed by atoms with van der Waals surface area (Å²) < 4.78 is 0.785. The highest BCUT2D eigenvalue weighted by Crippen LogP contribution is 2.30. The van der Waals surface area contributed by atoms with Crippen molar-refractivity contribution in [3.63, 3.8) is 0 Å². The lowest BCUT2D eigenvalue weighted by atomic mass is 10.2. The molecule has 1 atom stereocenters. The Morgan fingerprint density at radius 2 is 1.95 bits per heavy atom. The molecule has 0 unspecified atom stereocenters. The molecule has 1 aromatic carbocycles. The summed E-state index contributed by atoms with van der Waals surface area (Å²) in [5.74, 6) is 0.0724. The summed E-state index contributed by atoms with van der Waals surface area (Å²) in [4.78, 5) is 13.4. The van der Waals surface area contributed by atoms with Gasteiger partial charge in [0, 0.05) is 19.8 Å². The minimum atomic E-state index is -0.167. The van der Waals surface area contributed by atoms with Crippen LogP contribution < -0.4 is 5.32 Å². The molecule has 0 radical (unpaired) electrons. The van der Waals surface area contributed by atoms with Crippen LogP contribution in [0.5, 0.6) is 0 Å². The Morgan fingerprint density at radius 3 is 2.57 bits per heavy atom. The molecule has 1 amide bonds. The molecule has 1 heterocycles. The van der Waals surface area contributed by atoms with E-state index in [2.05, 4.69) is 15.5 Å². The number of aromatic nitrogens is 2. The summed E-state index contributed by atoms with van der Waals surface area (Å²) >= 11 is 2.88. The summed E-state index contributed by atoms with van der Waals surface area (Å²) in [5, 5.41) is 12.0. The minimum Gasteiger partial charge on any atom is -0.348 e. The smallest absolute Gasteiger partial charge is 0.235 e. The molecular weight excluding hydrogens is 304 g/mol. The van der Waals surface area contributed by atoms with Gasteiger partial charge in [-0.1, -0.05) is 40.8 Å². The van der Waals surface area contributed by atoms with Crippen molar-refractivity contribution >= 4 is 39.8 Å². The molecule has 21 heavy (non-hydrogen) atoms. The van der Waals surface area contributed by atoms with Crippen LogP contribution in [0, 0.1) is 6.92 Å². The standard InChI is InChI=1S/C14H18N4OS2/c1-9-5-7-11(8-6-9)15-13-16-17-14(21-13)20-10(2)12(19)18(3)4/h5-8,10H,1-4H3,(H,15,16)/t10-/m1/s1. The van der Waals surface area contributed by atoms with Crippen LogP contribution in [0.25, 0.3) is 0 Å². The van der Waals surface area contributed by atoms with Crippen molar-refractivity contribution in [1.82, 2.24) is 15.1 Å². The van der Waals surface area contributed by atoms with Gasteiger partial charge in [0.25, 0.3) is 0 Å². The second-order valence-corrected chi connectivity index (χ2v) is 7.42. The van der Waals surface area contributed by atoms with Crippen LogP contribution in [0.15, 0.2) is 28.6 Å². The summed E-state index contributed by atoms with van der Waals surface area (Å²) in [6.07, 6.45) is 0. The van der Waals surface area contributed by atoms with Gasteiger partial charge >= 0.3 is 0 Å². The van der Waals surface area contributed by atoms with E-state index in [0.717, 1.165) is 15.2 Å². The van der Waals surface area contributed by atoms with Gasteiger partial charge in [0.15, 0.2) is 4.34 Å². The highest BCUT2D eigenvalue weighted by Gasteiger charge is 2.18. The van der Waals surface area contributed by atoms with Crippen molar-refractivity contribution in [2.45, 2.75) is 23.4 Å². The number of benzene rings is 1. The second-order valence-electron chi connectivity index (χ2n) is 4.86. The number of rotatable bonds is 5. The Kier molecular flexibility index (Phi) is 5.19. The van der Waals surface area contributed by atoms with Crippen molar-refractivity contribution in [1.29, 1.82) is 0 Å². The molecule has 1 N–H and O–H groups in total. The molecule has 0 saturated heterocycles. The first-order valence-corrected chi connectivity index (χ1v) is 8.20. The molecule has 0 spiro atoms. The summed E-state index contributed by atoms with van der Waals surface area (Å²) in [7, 11) is 3.51. The van der Waals surface area contributed by atoms with Crippen molar-refractivity contribution in [3.05, 3.63) is 29.8 Å². The first-order valence-electron chi connectivity index (χ1n) is 6.50. The Hall–Kier alpha value is -1.60. The first-order chi connectivity index (χ1) is 9.95. The van der Waals surface area contributed by atoms with Crippen LogP contribution in [0.4, 0.5) is 10.8 Å². The average Bonchev–Trinajstić information content (AvgIpc) is 2.87. The van der Waals surface area contributed by atoms with Crippen molar-refractivity contribution in [2.24, 2.45) is 0 Å². The zero-order valence-electron chi connectivity index (χ0n) is 12.5. The van der Waals surface area contributed by atoms with E-state index >= 15 is 0 Å². The third kappa shape index (κ3) is 4.44. The molecule has 0 aliphatic heterocycles. The zero-order valence-corrected chi connectivity index (χ0v) is 14.1. The van der Waals surface area contributed by atoms with E-state index < -0.39 is 0 Å². The fraction of sp³-hybridized carbons (Fsp3) is 0.357. The van der Waals surface area contributed by atoms with Gasteiger partial charge in [-0.25, -0.2) is 0 Å². The number of aryl methyl sites for hydroxylation is 1. The van der Waals surface area contributed by atoms with Crippen LogP contribution in [0.2, 0.25) is 0 Å². The Labute approximate surface area is 132 Å². The number of carbonyl (C=O) groups excluding carboxylic acids is 1. The summed E-state index contributed by atoms with van der Waals surface area (Å²) in [5.41, 5.74) is 2.19. The second kappa shape index (κ2) is 6.91. The van der Waals surface area contributed by atoms with E-state index in [4.69, 9.17) is 0 Å². The molecule has 5 nitrogen and oxygen atoms in total. The van der Waals surface area contributed by atoms with Gasteiger partial charge in [0.2, 0.25) is 11.0 Å². The maximum atomic E-state index is 11.8. The predicted octanol–water partition coefficient (Wildman–Crippen LogP) is 3.16. The molecule has 0 aliphatic carbocycles. The predicted molar refractivity (Wildman–Crippen MR) is 88.4 cm³/mol. The van der Waals surface area contributed by atoms with Gasteiger partial charge in [0.05, 0.1) is 5.25 Å². The summed E-state index contributed by atoms with van der Waals surface area (Å²) in [6.45, 7) is 3.92. The van der Waals surface area contributed by atoms with Gasteiger partial charge in [-0.15, -0.1) is 10.2 Å². The average molecular weight is 322 g/mol. The summed E-state index contributed by atoms with van der Waals surface area (Å²) in [6, 6.07) is 8.08. The number of nitrogens with one attached hydrogen (secondary N) is 1. The lowest BCUT2D eigenvalue weighted by Crippen LogP contribution is -2.29. The van der Waals surface area contributed by atoms with Gasteiger partial charge in [-0.3, -0.25) is 4.79 Å². The monoisotopic (exact) mass is 322 g/mol. The molecule has 0 aliphatic rings. The Bertz CT molecular complexity index is 610. The SMILES string of the molecule is Cc1ccc(Nc2nnc(S[C@H](C)C(=O)N(C)C)s2)cc1. The third-order valence-electron chi connectivity index (χ3n) is 2.78. The van der Waals surface area contributed by atoms with Crippen LogP contribution in [-0.2, 0) is 4.79 Å². The van der Waals surface area contributed by atoms with E-state index in [1.807, 2.05) is 38.1 Å². The van der Waals surface area contributed by atoms with E-state index in [1.54, 1.807) is 19.0 Å². The van der Waals surface area contributed by atoms with Crippen molar-refractivity contribution in [2.75, 3.05) is 19.4 Å². The number of carbonyl (C=O) groups is 1. The Balaban J connectivity index is 1.98. The molecule has 2 aromatic rings. The highest BCUT2D eigenvalue weighted by atomic mass is 32.2. The highest BCUT2D eigenvalue weighted by molar-refractivity contribution is 8.02. The lowest BCUT2D eigenvalue weighted by Gasteiger charge is -2.14. The van der Waals surface area contributed by atoms with E-state index in [0.29, 0.717) is 0 Å². The minimum absolute atomic E-state index is 0.0724. The van der Waals surface area contributed by atoms with Gasteiger partial charge in [-0.2, -0.15) is 0 Å². The zero-order chi connectivity index (χ0) is 15.4. The van der Waals surface area contributed by atoms with E-state index in [1.165, 1.54) is 28.7 Å². The lowest BCUT2D eigenvalue weighted by molar-refractivity contribution is -0.127. The molecule has 1 aromatic heterocycles. The van der Waals surface area contributed by atoms with Crippen LogP contribution in [0.1, 0.15) is 12.5 Å². The molecule has 0 fully saturated rings. The van der Waals surface area contributed by atoms with Crippen LogP contribution in [0.3, 0.4) is 0 Å². The fourth-order valence-electron chi connectivity index (χ4n) is 1.63. The van der Waals surface area contributed by atoms with Gasteiger partial charge < -0.3 is 10.2 Å². The number of thioether (sulfide) groups is 1. The molecule has 2 rings (SSSR count). The van der Waals surface area contributed by atoms with Gasteiger partial charge in [-0.05, 0) is 26.0 Å². The van der Waals surface area contributed by atoms with Crippen LogP contribution >= 0.6 is 23.1 Å². The number of amides is 1. The van der Waals surface area contributed by atoms with Crippen LogP contribution in [-0.4, -0.2) is 40.3 Å². The van der Waals surface area contributed by atoms with E-state index in [9.17, 15) is 4.79 Å². The third-order valence-corrected chi connectivity index (χ3v) is 4.79. The number of anilines is 2. The maximum absolute atomic E-state index is 11.8. The molecule has 0 bridgehead atoms. The molecule has 7 heteroatoms.